The molecule has 0 bridgehead atoms. The molecule has 8 rings (SSSR count). The molecule has 14 nitrogen and oxygen atoms in total. The Balaban J connectivity index is 0.754. The lowest BCUT2D eigenvalue weighted by Gasteiger charge is -2.41. The van der Waals surface area contributed by atoms with E-state index >= 15 is 4.39 Å². The van der Waals surface area contributed by atoms with Crippen LogP contribution in [0.4, 0.5) is 26.2 Å². The summed E-state index contributed by atoms with van der Waals surface area (Å²) in [6, 6.07) is 10.3. The maximum atomic E-state index is 15.3. The minimum Gasteiger partial charge on any atom is -0.374 e. The predicted octanol–water partition coefficient (Wildman–Crippen LogP) is 4.67. The van der Waals surface area contributed by atoms with E-state index in [4.69, 9.17) is 4.74 Å². The molecule has 1 aromatic carbocycles. The molecule has 5 fully saturated rings. The molecule has 5 heterocycles. The summed E-state index contributed by atoms with van der Waals surface area (Å²) >= 11 is 0. The molecule has 3 aromatic rings. The van der Waals surface area contributed by atoms with Crippen molar-refractivity contribution in [2.24, 2.45) is 5.92 Å². The second-order valence-corrected chi connectivity index (χ2v) is 16.3. The first kappa shape index (κ1) is 39.7. The van der Waals surface area contributed by atoms with Crippen LogP contribution in [0.2, 0.25) is 0 Å². The molecule has 0 spiro atoms. The van der Waals surface area contributed by atoms with Crippen LogP contribution in [0.25, 0.3) is 11.4 Å². The Morgan fingerprint density at radius 1 is 0.828 bits per heavy atom. The van der Waals surface area contributed by atoms with Gasteiger partial charge >= 0.3 is 0 Å². The standard InChI is InChI=1S/C42H51F2N9O5/c43-32-22-29(46-35-14-15-37(54)50-41(35)57)10-13-31(32)25-16-18-52(19-17-25)30-11-8-27(9-12-30)47-40(56)26-4-6-28(7-5-26)48-42-45-23-33(44)39(51-42)34-2-1-3-36(49-34)53-20-21-58-24-38(53)55/h1-3,10,13,22-23,25-28,30,35,46H,4-9,11-12,14-21,24H2,(H,47,56)(H,45,48,51)(H,50,54,57)/t26-,27-,28-,30-,35?. The number of imide groups is 1. The third-order valence-corrected chi connectivity index (χ3v) is 12.5. The molecule has 4 amide bonds. The first-order chi connectivity index (χ1) is 28.2. The number of morpholine rings is 1. The molecule has 2 aliphatic carbocycles. The lowest BCUT2D eigenvalue weighted by molar-refractivity contribution is -0.133. The van der Waals surface area contributed by atoms with Crippen molar-refractivity contribution in [3.63, 3.8) is 0 Å². The lowest BCUT2D eigenvalue weighted by atomic mass is 9.83. The Morgan fingerprint density at radius 3 is 2.34 bits per heavy atom. The maximum absolute atomic E-state index is 15.3. The van der Waals surface area contributed by atoms with Crippen molar-refractivity contribution in [1.82, 2.24) is 30.5 Å². The van der Waals surface area contributed by atoms with Crippen LogP contribution in [0.15, 0.2) is 42.6 Å². The average molecular weight is 800 g/mol. The average Bonchev–Trinajstić information content (AvgIpc) is 3.23. The maximum Gasteiger partial charge on any atom is 0.254 e. The summed E-state index contributed by atoms with van der Waals surface area (Å²) in [4.78, 5) is 66.4. The highest BCUT2D eigenvalue weighted by molar-refractivity contribution is 6.01. The van der Waals surface area contributed by atoms with Crippen molar-refractivity contribution in [1.29, 1.82) is 0 Å². The van der Waals surface area contributed by atoms with Gasteiger partial charge in [0.2, 0.25) is 23.7 Å². The van der Waals surface area contributed by atoms with Gasteiger partial charge < -0.3 is 25.6 Å². The summed E-state index contributed by atoms with van der Waals surface area (Å²) in [5.74, 6) is -0.832. The van der Waals surface area contributed by atoms with Gasteiger partial charge in [-0.25, -0.2) is 23.7 Å². The van der Waals surface area contributed by atoms with Crippen LogP contribution in [0, 0.1) is 17.6 Å². The summed E-state index contributed by atoms with van der Waals surface area (Å²) in [6.07, 6.45) is 10.4. The van der Waals surface area contributed by atoms with Gasteiger partial charge in [0.1, 0.15) is 30.0 Å². The molecule has 0 radical (unpaired) electrons. The van der Waals surface area contributed by atoms with E-state index in [1.165, 1.54) is 11.0 Å². The van der Waals surface area contributed by atoms with E-state index in [1.54, 1.807) is 18.2 Å². The number of benzene rings is 1. The highest BCUT2D eigenvalue weighted by Gasteiger charge is 2.33. The zero-order valence-electron chi connectivity index (χ0n) is 32.6. The number of nitrogens with zero attached hydrogens (tertiary/aromatic N) is 5. The number of amides is 4. The van der Waals surface area contributed by atoms with E-state index in [1.807, 2.05) is 12.1 Å². The summed E-state index contributed by atoms with van der Waals surface area (Å²) in [7, 11) is 0. The minimum absolute atomic E-state index is 0.0183. The van der Waals surface area contributed by atoms with Crippen LogP contribution in [-0.2, 0) is 23.9 Å². The number of ether oxygens (including phenoxy) is 1. The lowest BCUT2D eigenvalue weighted by Crippen LogP contribution is -2.47. The summed E-state index contributed by atoms with van der Waals surface area (Å²) in [5.41, 5.74) is 1.60. The molecular weight excluding hydrogens is 749 g/mol. The van der Waals surface area contributed by atoms with Gasteiger partial charge in [-0.15, -0.1) is 0 Å². The molecular formula is C42H51F2N9O5. The van der Waals surface area contributed by atoms with Crippen molar-refractivity contribution < 1.29 is 32.7 Å². The zero-order chi connectivity index (χ0) is 40.2. The van der Waals surface area contributed by atoms with Crippen molar-refractivity contribution in [3.05, 3.63) is 59.8 Å². The fourth-order valence-corrected chi connectivity index (χ4v) is 9.22. The van der Waals surface area contributed by atoms with E-state index in [0.29, 0.717) is 54.3 Å². The second kappa shape index (κ2) is 17.8. The van der Waals surface area contributed by atoms with Crippen molar-refractivity contribution in [2.75, 3.05) is 48.4 Å². The molecule has 5 aliphatic rings. The fourth-order valence-electron chi connectivity index (χ4n) is 9.22. The number of aromatic nitrogens is 3. The van der Waals surface area contributed by atoms with Crippen LogP contribution in [0.3, 0.4) is 0 Å². The fraction of sp³-hybridized carbons (Fsp3) is 0.548. The van der Waals surface area contributed by atoms with Gasteiger partial charge in [0, 0.05) is 36.2 Å². The number of halogens is 2. The van der Waals surface area contributed by atoms with Crippen molar-refractivity contribution in [2.45, 2.75) is 107 Å². The normalized spacial score (nSPS) is 26.2. The number of hydrogen-bond acceptors (Lipinski definition) is 11. The van der Waals surface area contributed by atoms with Crippen LogP contribution in [0.1, 0.15) is 88.5 Å². The predicted molar refractivity (Wildman–Crippen MR) is 212 cm³/mol. The molecule has 58 heavy (non-hydrogen) atoms. The van der Waals surface area contributed by atoms with Crippen LogP contribution in [-0.4, -0.2) is 100 Å². The zero-order valence-corrected chi connectivity index (χ0v) is 32.6. The van der Waals surface area contributed by atoms with E-state index in [-0.39, 0.29) is 72.1 Å². The Bertz CT molecular complexity index is 2000. The van der Waals surface area contributed by atoms with Gasteiger partial charge in [0.15, 0.2) is 5.82 Å². The molecule has 3 saturated heterocycles. The minimum atomic E-state index is -0.610. The van der Waals surface area contributed by atoms with Crippen LogP contribution >= 0.6 is 0 Å². The van der Waals surface area contributed by atoms with Crippen molar-refractivity contribution in [3.8, 4) is 11.4 Å². The van der Waals surface area contributed by atoms with E-state index in [0.717, 1.165) is 83.5 Å². The molecule has 2 saturated carbocycles. The second-order valence-electron chi connectivity index (χ2n) is 16.3. The van der Waals surface area contributed by atoms with Gasteiger partial charge in [-0.3, -0.25) is 29.4 Å². The summed E-state index contributed by atoms with van der Waals surface area (Å²) in [6.45, 7) is 2.57. The monoisotopic (exact) mass is 799 g/mol. The van der Waals surface area contributed by atoms with E-state index in [2.05, 4.69) is 41.1 Å². The largest absolute Gasteiger partial charge is 0.374 e. The molecule has 1 unspecified atom stereocenters. The highest BCUT2D eigenvalue weighted by atomic mass is 19.1. The third-order valence-electron chi connectivity index (χ3n) is 12.5. The third kappa shape index (κ3) is 9.28. The number of piperidine rings is 2. The Hall–Kier alpha value is -5.09. The quantitative estimate of drug-likeness (QED) is 0.210. The summed E-state index contributed by atoms with van der Waals surface area (Å²) < 4.78 is 35.4. The number of carbonyl (C=O) groups is 4. The van der Waals surface area contributed by atoms with Crippen LogP contribution < -0.4 is 26.2 Å². The van der Waals surface area contributed by atoms with Gasteiger partial charge in [-0.1, -0.05) is 12.1 Å². The van der Waals surface area contributed by atoms with E-state index in [9.17, 15) is 23.6 Å². The number of anilines is 3. The Labute approximate surface area is 336 Å². The van der Waals surface area contributed by atoms with Crippen LogP contribution in [0.5, 0.6) is 0 Å². The number of likely N-dealkylation sites (tertiary alicyclic amines) is 1. The smallest absolute Gasteiger partial charge is 0.254 e. The summed E-state index contributed by atoms with van der Waals surface area (Å²) in [5, 5.41) is 12.1. The molecule has 2 aromatic heterocycles. The van der Waals surface area contributed by atoms with E-state index < -0.39 is 11.9 Å². The number of pyridine rings is 1. The topological polar surface area (TPSA) is 171 Å². The molecule has 308 valence electrons. The van der Waals surface area contributed by atoms with Crippen molar-refractivity contribution >= 4 is 41.1 Å². The number of rotatable bonds is 10. The number of hydrogen-bond donors (Lipinski definition) is 4. The molecule has 1 atom stereocenters. The Kier molecular flexibility index (Phi) is 12.2. The highest BCUT2D eigenvalue weighted by Crippen LogP contribution is 2.35. The van der Waals surface area contributed by atoms with Gasteiger partial charge in [0.05, 0.1) is 25.0 Å². The molecule has 3 aliphatic heterocycles. The number of nitrogens with one attached hydrogen (secondary N) is 4. The van der Waals surface area contributed by atoms with Gasteiger partial charge in [-0.05, 0) is 119 Å². The molecule has 4 N–H and O–H groups in total. The first-order valence-electron chi connectivity index (χ1n) is 20.8. The SMILES string of the molecule is O=C1CCC(Nc2ccc(C3CCN([C@H]4CC[C@H](NC(=O)[C@H]5CC[C@H](Nc6ncc(F)c(-c7cccc(N8CCOCC8=O)n7)n6)CC5)CC4)CC3)c(F)c2)C(=O)N1. The van der Waals surface area contributed by atoms with Gasteiger partial charge in [-0.2, -0.15) is 0 Å². The first-order valence-corrected chi connectivity index (χ1v) is 20.8. The molecule has 16 heteroatoms. The number of carbonyl (C=O) groups excluding carboxylic acids is 4. The van der Waals surface area contributed by atoms with Gasteiger partial charge in [0.25, 0.3) is 5.91 Å². The Morgan fingerprint density at radius 2 is 1.60 bits per heavy atom.